The van der Waals surface area contributed by atoms with Gasteiger partial charge in [0.1, 0.15) is 5.75 Å². The van der Waals surface area contributed by atoms with Crippen LogP contribution in [0.3, 0.4) is 0 Å². The number of benzene rings is 1. The number of hydrogen-bond donors (Lipinski definition) is 2. The van der Waals surface area contributed by atoms with Gasteiger partial charge in [0.15, 0.2) is 0 Å². The van der Waals surface area contributed by atoms with E-state index in [9.17, 15) is 18.3 Å². The van der Waals surface area contributed by atoms with Gasteiger partial charge in [-0.2, -0.15) is 0 Å². The topological polar surface area (TPSA) is 55.5 Å². The summed E-state index contributed by atoms with van der Waals surface area (Å²) in [5.41, 5.74) is 6.02. The third-order valence-corrected chi connectivity index (χ3v) is 2.09. The zero-order valence-electron chi connectivity index (χ0n) is 9.24. The molecule has 1 aromatic carbocycles. The Morgan fingerprint density at radius 2 is 1.82 bits per heavy atom. The summed E-state index contributed by atoms with van der Waals surface area (Å²) < 4.78 is 39.4. The Labute approximate surface area is 97.0 Å². The summed E-state index contributed by atoms with van der Waals surface area (Å²) in [7, 11) is 0. The number of aliphatic hydroxyl groups is 1. The molecule has 0 fully saturated rings. The first-order valence-electron chi connectivity index (χ1n) is 5.07. The lowest BCUT2D eigenvalue weighted by Gasteiger charge is -2.14. The van der Waals surface area contributed by atoms with Crippen molar-refractivity contribution in [3.05, 3.63) is 29.8 Å². The second-order valence-corrected chi connectivity index (χ2v) is 3.85. The molecule has 3 nitrogen and oxygen atoms in total. The Bertz CT molecular complexity index is 349. The Hall–Kier alpha value is -1.27. The van der Waals surface area contributed by atoms with Gasteiger partial charge in [0.2, 0.25) is 0 Å². The lowest BCUT2D eigenvalue weighted by atomic mass is 10.0. The lowest BCUT2D eigenvalue weighted by molar-refractivity contribution is -0.274. The molecule has 2 unspecified atom stereocenters. The predicted molar refractivity (Wildman–Crippen MR) is 56.4 cm³/mol. The summed E-state index contributed by atoms with van der Waals surface area (Å²) in [6, 6.07) is 4.90. The van der Waals surface area contributed by atoms with Crippen LogP contribution in [0.25, 0.3) is 0 Å². The van der Waals surface area contributed by atoms with E-state index in [-0.39, 0.29) is 11.8 Å². The van der Waals surface area contributed by atoms with Crippen molar-refractivity contribution in [3.63, 3.8) is 0 Å². The zero-order valence-corrected chi connectivity index (χ0v) is 9.24. The maximum atomic E-state index is 11.9. The van der Waals surface area contributed by atoms with Crippen LogP contribution in [-0.4, -0.2) is 17.5 Å². The summed E-state index contributed by atoms with van der Waals surface area (Å²) in [5.74, 6) is -0.311. The van der Waals surface area contributed by atoms with Gasteiger partial charge < -0.3 is 15.6 Å². The molecule has 1 rings (SSSR count). The highest BCUT2D eigenvalue weighted by molar-refractivity contribution is 5.28. The predicted octanol–water partition coefficient (Wildman–Crippen LogP) is 2.36. The molecule has 1 aromatic rings. The first-order valence-corrected chi connectivity index (χ1v) is 5.07. The summed E-state index contributed by atoms with van der Waals surface area (Å²) >= 11 is 0. The molecule has 2 atom stereocenters. The molecule has 0 aliphatic carbocycles. The van der Waals surface area contributed by atoms with Crippen LogP contribution < -0.4 is 10.5 Å². The Balaban J connectivity index is 2.67. The molecule has 0 aliphatic heterocycles. The van der Waals surface area contributed by atoms with Gasteiger partial charge in [-0.05, 0) is 31.0 Å². The third-order valence-electron chi connectivity index (χ3n) is 2.09. The first-order chi connectivity index (χ1) is 7.78. The number of hydrogen-bond acceptors (Lipinski definition) is 3. The molecule has 3 N–H and O–H groups in total. The highest BCUT2D eigenvalue weighted by Crippen LogP contribution is 2.25. The van der Waals surface area contributed by atoms with E-state index in [0.717, 1.165) is 12.1 Å². The normalized spacial score (nSPS) is 15.4. The highest BCUT2D eigenvalue weighted by Gasteiger charge is 2.31. The minimum absolute atomic E-state index is 0.184. The number of halogens is 3. The first kappa shape index (κ1) is 13.8. The van der Waals surface area contributed by atoms with Gasteiger partial charge in [-0.3, -0.25) is 0 Å². The van der Waals surface area contributed by atoms with Crippen molar-refractivity contribution in [1.29, 1.82) is 0 Å². The summed E-state index contributed by atoms with van der Waals surface area (Å²) in [5, 5.41) is 9.67. The quantitative estimate of drug-likeness (QED) is 0.861. The van der Waals surface area contributed by atoms with Gasteiger partial charge in [-0.15, -0.1) is 13.2 Å². The molecule has 0 aromatic heterocycles. The van der Waals surface area contributed by atoms with E-state index < -0.39 is 12.5 Å². The molecule has 0 heterocycles. The molecular formula is C11H14F3NO2. The van der Waals surface area contributed by atoms with Gasteiger partial charge in [-0.25, -0.2) is 0 Å². The van der Waals surface area contributed by atoms with Crippen LogP contribution in [0, 0.1) is 0 Å². The van der Waals surface area contributed by atoms with Crippen molar-refractivity contribution in [1.82, 2.24) is 0 Å². The average Bonchev–Trinajstić information content (AvgIpc) is 2.15. The lowest BCUT2D eigenvalue weighted by Crippen LogP contribution is -2.19. The van der Waals surface area contributed by atoms with Crippen LogP contribution in [0.4, 0.5) is 13.2 Å². The van der Waals surface area contributed by atoms with Gasteiger partial charge in [0.25, 0.3) is 0 Å². The fourth-order valence-corrected chi connectivity index (χ4v) is 1.38. The van der Waals surface area contributed by atoms with Gasteiger partial charge in [0, 0.05) is 6.04 Å². The van der Waals surface area contributed by atoms with E-state index in [1.165, 1.54) is 12.1 Å². The third kappa shape index (κ3) is 5.06. The monoisotopic (exact) mass is 249 g/mol. The number of ether oxygens (including phenoxy) is 1. The number of rotatable bonds is 4. The average molecular weight is 249 g/mol. The molecule has 0 saturated heterocycles. The van der Waals surface area contributed by atoms with Crippen LogP contribution >= 0.6 is 0 Å². The largest absolute Gasteiger partial charge is 0.573 e. The van der Waals surface area contributed by atoms with Crippen LogP contribution in [0.1, 0.15) is 25.0 Å². The Morgan fingerprint density at radius 1 is 1.29 bits per heavy atom. The molecule has 0 aliphatic rings. The standard InChI is InChI=1S/C11H14F3NO2/c1-7(15)6-10(16)8-2-4-9(5-3-8)17-11(12,13)14/h2-5,7,10,16H,6,15H2,1H3. The minimum Gasteiger partial charge on any atom is -0.406 e. The van der Waals surface area contributed by atoms with Crippen molar-refractivity contribution in [3.8, 4) is 5.75 Å². The zero-order chi connectivity index (χ0) is 13.1. The molecule has 0 spiro atoms. The van der Waals surface area contributed by atoms with E-state index in [2.05, 4.69) is 4.74 Å². The van der Waals surface area contributed by atoms with Gasteiger partial charge in [0.05, 0.1) is 6.10 Å². The molecule has 0 amide bonds. The van der Waals surface area contributed by atoms with E-state index >= 15 is 0 Å². The molecule has 0 bridgehead atoms. The second kappa shape index (κ2) is 5.37. The van der Waals surface area contributed by atoms with E-state index in [1.807, 2.05) is 0 Å². The fourth-order valence-electron chi connectivity index (χ4n) is 1.38. The summed E-state index contributed by atoms with van der Waals surface area (Å²) in [6.07, 6.45) is -5.14. The van der Waals surface area contributed by atoms with Crippen LogP contribution in [-0.2, 0) is 0 Å². The molecule has 96 valence electrons. The maximum Gasteiger partial charge on any atom is 0.573 e. The van der Waals surface area contributed by atoms with E-state index in [4.69, 9.17) is 5.73 Å². The van der Waals surface area contributed by atoms with Crippen LogP contribution in [0.5, 0.6) is 5.75 Å². The Kier molecular flexibility index (Phi) is 4.36. The second-order valence-electron chi connectivity index (χ2n) is 3.85. The SMILES string of the molecule is CC(N)CC(O)c1ccc(OC(F)(F)F)cc1. The fraction of sp³-hybridized carbons (Fsp3) is 0.455. The van der Waals surface area contributed by atoms with Crippen molar-refractivity contribution < 1.29 is 23.0 Å². The van der Waals surface area contributed by atoms with Crippen molar-refractivity contribution in [2.24, 2.45) is 5.73 Å². The summed E-state index contributed by atoms with van der Waals surface area (Å²) in [6.45, 7) is 1.74. The van der Waals surface area contributed by atoms with Crippen molar-refractivity contribution >= 4 is 0 Å². The number of aliphatic hydroxyl groups excluding tert-OH is 1. The van der Waals surface area contributed by atoms with Gasteiger partial charge >= 0.3 is 6.36 Å². The molecule has 0 saturated carbocycles. The van der Waals surface area contributed by atoms with E-state index in [1.54, 1.807) is 6.92 Å². The van der Waals surface area contributed by atoms with Crippen molar-refractivity contribution in [2.75, 3.05) is 0 Å². The molecule has 6 heteroatoms. The number of nitrogens with two attached hydrogens (primary N) is 1. The molecule has 0 radical (unpaired) electrons. The molecular weight excluding hydrogens is 235 g/mol. The van der Waals surface area contributed by atoms with Crippen LogP contribution in [0.15, 0.2) is 24.3 Å². The van der Waals surface area contributed by atoms with Crippen LogP contribution in [0.2, 0.25) is 0 Å². The summed E-state index contributed by atoms with van der Waals surface area (Å²) in [4.78, 5) is 0. The number of alkyl halides is 3. The highest BCUT2D eigenvalue weighted by atomic mass is 19.4. The van der Waals surface area contributed by atoms with Gasteiger partial charge in [-0.1, -0.05) is 12.1 Å². The molecule has 17 heavy (non-hydrogen) atoms. The Morgan fingerprint density at radius 3 is 2.24 bits per heavy atom. The van der Waals surface area contributed by atoms with E-state index in [0.29, 0.717) is 12.0 Å². The smallest absolute Gasteiger partial charge is 0.406 e. The van der Waals surface area contributed by atoms with Crippen molar-refractivity contribution in [2.45, 2.75) is 31.9 Å². The minimum atomic E-state index is -4.70. The maximum absolute atomic E-state index is 11.9.